The van der Waals surface area contributed by atoms with Crippen LogP contribution >= 0.6 is 12.6 Å². The number of carbonyl (C=O) groups excluding carboxylic acids is 2. The van der Waals surface area contributed by atoms with Crippen molar-refractivity contribution in [3.8, 4) is 0 Å². The number of rotatable bonds is 6. The summed E-state index contributed by atoms with van der Waals surface area (Å²) >= 11 is 4.45. The second-order valence-electron chi connectivity index (χ2n) is 8.04. The van der Waals surface area contributed by atoms with Crippen LogP contribution in [0.1, 0.15) is 18.4 Å². The maximum Gasteiger partial charge on any atom is 0.410 e. The number of piperazine rings is 1. The third-order valence-electron chi connectivity index (χ3n) is 5.75. The number of nitro benzene ring substituents is 1. The van der Waals surface area contributed by atoms with Crippen LogP contribution in [-0.4, -0.2) is 93.9 Å². The Kier molecular flexibility index (Phi) is 7.74. The molecule has 2 fully saturated rings. The summed E-state index contributed by atoms with van der Waals surface area (Å²) in [6.45, 7) is 3.11. The number of non-ortho nitro benzene ring substituents is 1. The molecule has 2 amide bonds. The molecule has 3 rings (SSSR count). The Morgan fingerprint density at radius 1 is 1.26 bits per heavy atom. The molecule has 2 heterocycles. The number of nitro groups is 1. The number of hydrogen-bond donors (Lipinski definition) is 2. The van der Waals surface area contributed by atoms with Crippen LogP contribution in [0.2, 0.25) is 0 Å². The number of thiol groups is 1. The largest absolute Gasteiger partial charge is 0.445 e. The monoisotopic (exact) mass is 452 g/mol. The molecule has 0 spiro atoms. The van der Waals surface area contributed by atoms with Crippen molar-refractivity contribution in [1.82, 2.24) is 14.7 Å². The van der Waals surface area contributed by atoms with Crippen LogP contribution in [0.5, 0.6) is 0 Å². The van der Waals surface area contributed by atoms with Gasteiger partial charge in [0.15, 0.2) is 0 Å². The number of aliphatic hydroxyl groups is 1. The minimum absolute atomic E-state index is 0.0410. The van der Waals surface area contributed by atoms with Gasteiger partial charge < -0.3 is 24.5 Å². The van der Waals surface area contributed by atoms with Gasteiger partial charge in [-0.05, 0) is 31.2 Å². The number of likely N-dealkylation sites (tertiary alicyclic amines) is 1. The Morgan fingerprint density at radius 2 is 1.90 bits per heavy atom. The zero-order valence-corrected chi connectivity index (χ0v) is 18.3. The number of amides is 2. The van der Waals surface area contributed by atoms with Crippen molar-refractivity contribution >= 4 is 30.3 Å². The molecule has 1 aromatic rings. The van der Waals surface area contributed by atoms with Gasteiger partial charge in [0, 0.05) is 50.1 Å². The van der Waals surface area contributed by atoms with Crippen molar-refractivity contribution < 1.29 is 24.4 Å². The summed E-state index contributed by atoms with van der Waals surface area (Å²) in [5, 5.41) is 21.3. The van der Waals surface area contributed by atoms with E-state index in [1.54, 1.807) is 4.90 Å². The van der Waals surface area contributed by atoms with Crippen LogP contribution in [0, 0.1) is 10.1 Å². The summed E-state index contributed by atoms with van der Waals surface area (Å²) in [7, 11) is 2.00. The lowest BCUT2D eigenvalue weighted by atomic mass is 10.0. The summed E-state index contributed by atoms with van der Waals surface area (Å²) in [6, 6.07) is 5.19. The second kappa shape index (κ2) is 10.3. The molecule has 0 aromatic heterocycles. The molecular formula is C20H28N4O6S. The average molecular weight is 453 g/mol. The predicted octanol–water partition coefficient (Wildman–Crippen LogP) is 1.13. The fourth-order valence-corrected chi connectivity index (χ4v) is 4.25. The van der Waals surface area contributed by atoms with E-state index in [1.165, 1.54) is 29.2 Å². The number of ether oxygens (including phenoxy) is 1. The average Bonchev–Trinajstić information content (AvgIpc) is 3.14. The molecule has 1 unspecified atom stereocenters. The van der Waals surface area contributed by atoms with E-state index >= 15 is 0 Å². The highest BCUT2D eigenvalue weighted by Crippen LogP contribution is 2.27. The van der Waals surface area contributed by atoms with Gasteiger partial charge in [0.2, 0.25) is 5.91 Å². The lowest BCUT2D eigenvalue weighted by Crippen LogP contribution is -2.49. The van der Waals surface area contributed by atoms with Gasteiger partial charge in [0.05, 0.1) is 23.5 Å². The fourth-order valence-electron chi connectivity index (χ4n) is 3.86. The molecule has 170 valence electrons. The Hall–Kier alpha value is -2.37. The third-order valence-corrected chi connectivity index (χ3v) is 6.12. The molecule has 0 aliphatic carbocycles. The van der Waals surface area contributed by atoms with Crippen molar-refractivity contribution in [3.05, 3.63) is 39.9 Å². The first-order chi connectivity index (χ1) is 14.7. The maximum absolute atomic E-state index is 12.6. The van der Waals surface area contributed by atoms with Gasteiger partial charge in [-0.15, -0.1) is 0 Å². The minimum atomic E-state index is -1.00. The molecule has 2 saturated heterocycles. The van der Waals surface area contributed by atoms with E-state index in [2.05, 4.69) is 17.5 Å². The fraction of sp³-hybridized carbons (Fsp3) is 0.600. The van der Waals surface area contributed by atoms with Crippen molar-refractivity contribution in [2.45, 2.75) is 36.8 Å². The van der Waals surface area contributed by atoms with Crippen LogP contribution in [0.4, 0.5) is 10.5 Å². The standard InChI is InChI=1S/C20H28N4O6S/c1-21-6-8-22(9-7-21)19(26)11-18(25)17-10-16(31)12-23(17)20(27)30-13-14-2-4-15(5-3-14)24(28)29/h2-5,16-18,25,31H,6-13H2,1H3/t16-,17-,18?/m0/s1. The lowest BCUT2D eigenvalue weighted by molar-refractivity contribution is -0.384. The number of benzene rings is 1. The molecule has 1 N–H and O–H groups in total. The third kappa shape index (κ3) is 6.08. The highest BCUT2D eigenvalue weighted by atomic mass is 32.1. The normalized spacial score (nSPS) is 22.9. The molecular weight excluding hydrogens is 424 g/mol. The van der Waals surface area contributed by atoms with E-state index in [-0.39, 0.29) is 29.9 Å². The van der Waals surface area contributed by atoms with Gasteiger partial charge >= 0.3 is 6.09 Å². The number of nitrogens with zero attached hydrogens (tertiary/aromatic N) is 4. The first kappa shape index (κ1) is 23.3. The van der Waals surface area contributed by atoms with Crippen LogP contribution in [0.15, 0.2) is 24.3 Å². The van der Waals surface area contributed by atoms with Gasteiger partial charge in [-0.3, -0.25) is 14.9 Å². The quantitative estimate of drug-likeness (QED) is 0.378. The molecule has 0 saturated carbocycles. The Labute approximate surface area is 186 Å². The number of likely N-dealkylation sites (N-methyl/N-ethyl adjacent to an activating group) is 1. The number of carbonyl (C=O) groups is 2. The van der Waals surface area contributed by atoms with Crippen LogP contribution < -0.4 is 0 Å². The van der Waals surface area contributed by atoms with Crippen molar-refractivity contribution in [1.29, 1.82) is 0 Å². The van der Waals surface area contributed by atoms with E-state index in [9.17, 15) is 24.8 Å². The van der Waals surface area contributed by atoms with Gasteiger partial charge in [0.25, 0.3) is 5.69 Å². The highest BCUT2D eigenvalue weighted by Gasteiger charge is 2.40. The SMILES string of the molecule is CN1CCN(C(=O)CC(O)[C@@H]2C[C@H](S)CN2C(=O)OCc2ccc([N+](=O)[O-])cc2)CC1. The summed E-state index contributed by atoms with van der Waals surface area (Å²) < 4.78 is 5.35. The van der Waals surface area contributed by atoms with Gasteiger partial charge in [-0.1, -0.05) is 0 Å². The molecule has 3 atom stereocenters. The Balaban J connectivity index is 1.54. The molecule has 2 aliphatic rings. The second-order valence-corrected chi connectivity index (χ2v) is 8.77. The lowest BCUT2D eigenvalue weighted by Gasteiger charge is -2.34. The van der Waals surface area contributed by atoms with Crippen molar-refractivity contribution in [3.63, 3.8) is 0 Å². The molecule has 0 radical (unpaired) electrons. The zero-order valence-electron chi connectivity index (χ0n) is 17.4. The van der Waals surface area contributed by atoms with Gasteiger partial charge in [-0.2, -0.15) is 12.6 Å². The summed E-state index contributed by atoms with van der Waals surface area (Å²) in [4.78, 5) is 40.7. The summed E-state index contributed by atoms with van der Waals surface area (Å²) in [5.41, 5.74) is 0.573. The van der Waals surface area contributed by atoms with E-state index in [0.29, 0.717) is 31.6 Å². The Morgan fingerprint density at radius 3 is 2.52 bits per heavy atom. The van der Waals surface area contributed by atoms with E-state index < -0.39 is 23.2 Å². The van der Waals surface area contributed by atoms with Crippen LogP contribution in [0.25, 0.3) is 0 Å². The predicted molar refractivity (Wildman–Crippen MR) is 116 cm³/mol. The first-order valence-electron chi connectivity index (χ1n) is 10.2. The molecule has 1 aromatic carbocycles. The minimum Gasteiger partial charge on any atom is -0.445 e. The highest BCUT2D eigenvalue weighted by molar-refractivity contribution is 7.81. The molecule has 11 heteroatoms. The topological polar surface area (TPSA) is 116 Å². The number of hydrogen-bond acceptors (Lipinski definition) is 8. The summed E-state index contributed by atoms with van der Waals surface area (Å²) in [5.74, 6) is -0.123. The molecule has 10 nitrogen and oxygen atoms in total. The van der Waals surface area contributed by atoms with E-state index in [1.807, 2.05) is 7.05 Å². The van der Waals surface area contributed by atoms with Crippen molar-refractivity contribution in [2.24, 2.45) is 0 Å². The molecule has 0 bridgehead atoms. The summed E-state index contributed by atoms with van der Waals surface area (Å²) in [6.07, 6.45) is -1.20. The van der Waals surface area contributed by atoms with E-state index in [4.69, 9.17) is 4.74 Å². The number of aliphatic hydroxyl groups excluding tert-OH is 1. The first-order valence-corrected chi connectivity index (χ1v) is 10.8. The van der Waals surface area contributed by atoms with Crippen LogP contribution in [-0.2, 0) is 16.1 Å². The van der Waals surface area contributed by atoms with Crippen LogP contribution in [0.3, 0.4) is 0 Å². The zero-order chi connectivity index (χ0) is 22.5. The van der Waals surface area contributed by atoms with E-state index in [0.717, 1.165) is 13.1 Å². The van der Waals surface area contributed by atoms with Gasteiger partial charge in [0.1, 0.15) is 6.61 Å². The van der Waals surface area contributed by atoms with Crippen molar-refractivity contribution in [2.75, 3.05) is 39.8 Å². The molecule has 31 heavy (non-hydrogen) atoms. The van der Waals surface area contributed by atoms with Gasteiger partial charge in [-0.25, -0.2) is 4.79 Å². The Bertz CT molecular complexity index is 799. The smallest absolute Gasteiger partial charge is 0.410 e. The molecule has 2 aliphatic heterocycles. The maximum atomic E-state index is 12.6.